The SMILES string of the molecule is CC(C)(C)c1ccc(C(=O)OCCNc2nc(-c3ccccc3)nc3ccccc23)cc1. The average molecular weight is 426 g/mol. The van der Waals surface area contributed by atoms with E-state index >= 15 is 0 Å². The second kappa shape index (κ2) is 9.18. The van der Waals surface area contributed by atoms with Crippen molar-refractivity contribution in [2.24, 2.45) is 0 Å². The largest absolute Gasteiger partial charge is 0.460 e. The molecule has 0 saturated carbocycles. The number of hydrogen-bond acceptors (Lipinski definition) is 5. The van der Waals surface area contributed by atoms with Crippen molar-refractivity contribution in [3.05, 3.63) is 90.0 Å². The van der Waals surface area contributed by atoms with Crippen LogP contribution >= 0.6 is 0 Å². The van der Waals surface area contributed by atoms with E-state index < -0.39 is 0 Å². The monoisotopic (exact) mass is 425 g/mol. The molecule has 1 aromatic heterocycles. The summed E-state index contributed by atoms with van der Waals surface area (Å²) in [6, 6.07) is 25.3. The summed E-state index contributed by atoms with van der Waals surface area (Å²) in [5.41, 5.74) is 3.59. The number of rotatable bonds is 6. The molecule has 0 saturated heterocycles. The number of para-hydroxylation sites is 1. The zero-order valence-corrected chi connectivity index (χ0v) is 18.6. The molecule has 0 bridgehead atoms. The molecule has 5 heteroatoms. The van der Waals surface area contributed by atoms with Gasteiger partial charge in [-0.3, -0.25) is 0 Å². The van der Waals surface area contributed by atoms with Crippen LogP contribution in [0, 0.1) is 0 Å². The molecule has 0 spiro atoms. The number of nitrogens with one attached hydrogen (secondary N) is 1. The van der Waals surface area contributed by atoms with Crippen LogP contribution in [0.2, 0.25) is 0 Å². The molecule has 0 amide bonds. The van der Waals surface area contributed by atoms with Gasteiger partial charge in [0.2, 0.25) is 0 Å². The van der Waals surface area contributed by atoms with E-state index in [0.717, 1.165) is 22.3 Å². The number of hydrogen-bond donors (Lipinski definition) is 1. The molecule has 0 atom stereocenters. The molecule has 32 heavy (non-hydrogen) atoms. The maximum Gasteiger partial charge on any atom is 0.338 e. The summed E-state index contributed by atoms with van der Waals surface area (Å²) in [5, 5.41) is 4.23. The Labute approximate surface area is 188 Å². The minimum Gasteiger partial charge on any atom is -0.460 e. The molecule has 5 nitrogen and oxygen atoms in total. The molecule has 162 valence electrons. The number of fused-ring (bicyclic) bond motifs is 1. The first-order valence-electron chi connectivity index (χ1n) is 10.8. The van der Waals surface area contributed by atoms with Gasteiger partial charge in [-0.15, -0.1) is 0 Å². The van der Waals surface area contributed by atoms with Gasteiger partial charge < -0.3 is 10.1 Å². The minimum atomic E-state index is -0.329. The number of carbonyl (C=O) groups is 1. The van der Waals surface area contributed by atoms with Crippen LogP contribution in [-0.4, -0.2) is 29.1 Å². The van der Waals surface area contributed by atoms with Crippen molar-refractivity contribution in [1.82, 2.24) is 9.97 Å². The Morgan fingerprint density at radius 3 is 2.28 bits per heavy atom. The summed E-state index contributed by atoms with van der Waals surface area (Å²) in [6.45, 7) is 7.12. The predicted molar refractivity (Wildman–Crippen MR) is 129 cm³/mol. The van der Waals surface area contributed by atoms with Gasteiger partial charge in [-0.25, -0.2) is 14.8 Å². The lowest BCUT2D eigenvalue weighted by Crippen LogP contribution is -2.16. The van der Waals surface area contributed by atoms with Gasteiger partial charge in [-0.2, -0.15) is 0 Å². The van der Waals surface area contributed by atoms with Crippen LogP contribution in [0.5, 0.6) is 0 Å². The lowest BCUT2D eigenvalue weighted by molar-refractivity contribution is 0.0520. The van der Waals surface area contributed by atoms with Crippen LogP contribution in [0.4, 0.5) is 5.82 Å². The predicted octanol–water partition coefficient (Wildman–Crippen LogP) is 5.86. The van der Waals surface area contributed by atoms with Crippen LogP contribution in [-0.2, 0) is 10.2 Å². The van der Waals surface area contributed by atoms with E-state index in [9.17, 15) is 4.79 Å². The van der Waals surface area contributed by atoms with E-state index in [2.05, 4.69) is 26.1 Å². The van der Waals surface area contributed by atoms with Gasteiger partial charge in [0.1, 0.15) is 12.4 Å². The maximum absolute atomic E-state index is 12.4. The van der Waals surface area contributed by atoms with Gasteiger partial charge in [-0.1, -0.05) is 75.4 Å². The first-order valence-corrected chi connectivity index (χ1v) is 10.8. The van der Waals surface area contributed by atoms with Gasteiger partial charge in [0, 0.05) is 10.9 Å². The van der Waals surface area contributed by atoms with Crippen LogP contribution < -0.4 is 5.32 Å². The highest BCUT2D eigenvalue weighted by molar-refractivity contribution is 5.91. The highest BCUT2D eigenvalue weighted by atomic mass is 16.5. The van der Waals surface area contributed by atoms with Crippen LogP contribution in [0.25, 0.3) is 22.3 Å². The number of anilines is 1. The van der Waals surface area contributed by atoms with E-state index in [1.807, 2.05) is 78.9 Å². The molecular formula is C27H27N3O2. The third kappa shape index (κ3) is 4.94. The fourth-order valence-electron chi connectivity index (χ4n) is 3.43. The number of ether oxygens (including phenoxy) is 1. The molecule has 4 rings (SSSR count). The van der Waals surface area contributed by atoms with E-state index in [1.165, 1.54) is 5.56 Å². The summed E-state index contributed by atoms with van der Waals surface area (Å²) in [5.74, 6) is 1.05. The molecule has 4 aromatic rings. The zero-order chi connectivity index (χ0) is 22.6. The van der Waals surface area contributed by atoms with E-state index in [0.29, 0.717) is 17.9 Å². The molecule has 0 aliphatic rings. The van der Waals surface area contributed by atoms with E-state index in [-0.39, 0.29) is 18.0 Å². The molecule has 0 unspecified atom stereocenters. The number of carbonyl (C=O) groups excluding carboxylic acids is 1. The molecule has 3 aromatic carbocycles. The van der Waals surface area contributed by atoms with Crippen molar-refractivity contribution < 1.29 is 9.53 Å². The van der Waals surface area contributed by atoms with Crippen LogP contribution in [0.1, 0.15) is 36.7 Å². The Bertz CT molecular complexity index is 1210. The quantitative estimate of drug-likeness (QED) is 0.309. The second-order valence-electron chi connectivity index (χ2n) is 8.67. The van der Waals surface area contributed by atoms with Crippen molar-refractivity contribution in [3.8, 4) is 11.4 Å². The smallest absolute Gasteiger partial charge is 0.338 e. The zero-order valence-electron chi connectivity index (χ0n) is 18.6. The molecule has 0 aliphatic carbocycles. The first kappa shape index (κ1) is 21.5. The van der Waals surface area contributed by atoms with Crippen LogP contribution in [0.15, 0.2) is 78.9 Å². The van der Waals surface area contributed by atoms with Gasteiger partial charge in [0.15, 0.2) is 5.82 Å². The summed E-state index contributed by atoms with van der Waals surface area (Å²) < 4.78 is 5.46. The van der Waals surface area contributed by atoms with Gasteiger partial charge in [0.25, 0.3) is 0 Å². The van der Waals surface area contributed by atoms with Crippen molar-refractivity contribution in [2.75, 3.05) is 18.5 Å². The molecule has 1 heterocycles. The van der Waals surface area contributed by atoms with Crippen molar-refractivity contribution in [3.63, 3.8) is 0 Å². The summed E-state index contributed by atoms with van der Waals surface area (Å²) >= 11 is 0. The Morgan fingerprint density at radius 1 is 0.875 bits per heavy atom. The normalized spacial score (nSPS) is 11.3. The highest BCUT2D eigenvalue weighted by Gasteiger charge is 2.15. The fraction of sp³-hybridized carbons (Fsp3) is 0.222. The molecular weight excluding hydrogens is 398 g/mol. The number of esters is 1. The molecule has 0 aliphatic heterocycles. The van der Waals surface area contributed by atoms with Gasteiger partial charge in [0.05, 0.1) is 17.6 Å². The summed E-state index contributed by atoms with van der Waals surface area (Å²) in [7, 11) is 0. The number of aromatic nitrogens is 2. The first-order chi connectivity index (χ1) is 15.4. The summed E-state index contributed by atoms with van der Waals surface area (Å²) in [6.07, 6.45) is 0. The Morgan fingerprint density at radius 2 is 1.56 bits per heavy atom. The number of benzene rings is 3. The molecule has 0 radical (unpaired) electrons. The van der Waals surface area contributed by atoms with Crippen molar-refractivity contribution in [2.45, 2.75) is 26.2 Å². The standard InChI is InChI=1S/C27H27N3O2/c1-27(2,3)21-15-13-20(14-16-21)26(31)32-18-17-28-25-22-11-7-8-12-23(22)29-24(30-25)19-9-5-4-6-10-19/h4-16H,17-18H2,1-3H3,(H,28,29,30). The third-order valence-electron chi connectivity index (χ3n) is 5.25. The fourth-order valence-corrected chi connectivity index (χ4v) is 3.43. The molecule has 0 fully saturated rings. The highest BCUT2D eigenvalue weighted by Crippen LogP contribution is 2.25. The number of nitrogens with zero attached hydrogens (tertiary/aromatic N) is 2. The Balaban J connectivity index is 1.42. The lowest BCUT2D eigenvalue weighted by Gasteiger charge is -2.19. The van der Waals surface area contributed by atoms with Gasteiger partial charge >= 0.3 is 5.97 Å². The molecule has 1 N–H and O–H groups in total. The van der Waals surface area contributed by atoms with Crippen molar-refractivity contribution >= 4 is 22.7 Å². The van der Waals surface area contributed by atoms with E-state index in [1.54, 1.807) is 0 Å². The van der Waals surface area contributed by atoms with E-state index in [4.69, 9.17) is 14.7 Å². The van der Waals surface area contributed by atoms with Gasteiger partial charge in [-0.05, 0) is 35.2 Å². The second-order valence-corrected chi connectivity index (χ2v) is 8.67. The summed E-state index contributed by atoms with van der Waals surface area (Å²) in [4.78, 5) is 21.8. The van der Waals surface area contributed by atoms with Crippen LogP contribution in [0.3, 0.4) is 0 Å². The third-order valence-corrected chi connectivity index (χ3v) is 5.25. The van der Waals surface area contributed by atoms with Crippen molar-refractivity contribution in [1.29, 1.82) is 0 Å². The topological polar surface area (TPSA) is 64.1 Å². The minimum absolute atomic E-state index is 0.0469. The Kier molecular flexibility index (Phi) is 6.17. The maximum atomic E-state index is 12.4. The Hall–Kier alpha value is -3.73. The lowest BCUT2D eigenvalue weighted by atomic mass is 9.87. The average Bonchev–Trinajstić information content (AvgIpc) is 2.81.